The molecular formula is C16H21N3O2. The van der Waals surface area contributed by atoms with E-state index in [1.54, 1.807) is 4.90 Å². The summed E-state index contributed by atoms with van der Waals surface area (Å²) in [6.07, 6.45) is 3.50. The molecule has 0 spiro atoms. The first kappa shape index (κ1) is 14.1. The first-order valence-corrected chi connectivity index (χ1v) is 7.60. The standard InChI is InChI=1S/C16H21N3O2/c17-13-8-10-18(11-13)16(21)12-4-6-14(7-5-12)19-9-2-1-3-15(19)20/h4-7,13H,1-3,8-11,17H2. The summed E-state index contributed by atoms with van der Waals surface area (Å²) < 4.78 is 0. The zero-order valence-corrected chi connectivity index (χ0v) is 12.1. The molecule has 3 rings (SSSR count). The van der Waals surface area contributed by atoms with Crippen molar-refractivity contribution >= 4 is 17.5 Å². The van der Waals surface area contributed by atoms with Crippen LogP contribution in [0.15, 0.2) is 24.3 Å². The number of anilines is 1. The van der Waals surface area contributed by atoms with Gasteiger partial charge in [-0.15, -0.1) is 0 Å². The van der Waals surface area contributed by atoms with Gasteiger partial charge in [-0.05, 0) is 43.5 Å². The Morgan fingerprint density at radius 1 is 1.14 bits per heavy atom. The highest BCUT2D eigenvalue weighted by molar-refractivity contribution is 5.97. The molecule has 21 heavy (non-hydrogen) atoms. The molecule has 0 aliphatic carbocycles. The maximum atomic E-state index is 12.3. The highest BCUT2D eigenvalue weighted by atomic mass is 16.2. The topological polar surface area (TPSA) is 66.6 Å². The van der Waals surface area contributed by atoms with E-state index in [4.69, 9.17) is 5.73 Å². The third kappa shape index (κ3) is 2.93. The number of benzene rings is 1. The molecule has 1 atom stereocenters. The molecule has 2 heterocycles. The van der Waals surface area contributed by atoms with Gasteiger partial charge < -0.3 is 15.5 Å². The van der Waals surface area contributed by atoms with E-state index < -0.39 is 0 Å². The number of carbonyl (C=O) groups is 2. The minimum Gasteiger partial charge on any atom is -0.337 e. The monoisotopic (exact) mass is 287 g/mol. The second-order valence-corrected chi connectivity index (χ2v) is 5.85. The zero-order chi connectivity index (χ0) is 14.8. The molecule has 1 aromatic carbocycles. The van der Waals surface area contributed by atoms with Crippen LogP contribution in [0, 0.1) is 0 Å². The summed E-state index contributed by atoms with van der Waals surface area (Å²) in [6, 6.07) is 7.45. The average Bonchev–Trinajstić information content (AvgIpc) is 2.94. The van der Waals surface area contributed by atoms with Crippen LogP contribution in [0.5, 0.6) is 0 Å². The van der Waals surface area contributed by atoms with E-state index in [-0.39, 0.29) is 17.9 Å². The van der Waals surface area contributed by atoms with Crippen molar-refractivity contribution in [2.45, 2.75) is 31.7 Å². The number of amides is 2. The second-order valence-electron chi connectivity index (χ2n) is 5.85. The van der Waals surface area contributed by atoms with Crippen LogP contribution in [-0.4, -0.2) is 42.4 Å². The predicted molar refractivity (Wildman–Crippen MR) is 81.1 cm³/mol. The molecule has 0 saturated carbocycles. The average molecular weight is 287 g/mol. The lowest BCUT2D eigenvalue weighted by molar-refractivity contribution is -0.119. The molecule has 1 aromatic rings. The van der Waals surface area contributed by atoms with Gasteiger partial charge in [-0.25, -0.2) is 0 Å². The van der Waals surface area contributed by atoms with Gasteiger partial charge in [0, 0.05) is 43.3 Å². The number of likely N-dealkylation sites (tertiary alicyclic amines) is 1. The van der Waals surface area contributed by atoms with Crippen LogP contribution in [0.25, 0.3) is 0 Å². The fraction of sp³-hybridized carbons (Fsp3) is 0.500. The van der Waals surface area contributed by atoms with Crippen molar-refractivity contribution in [3.63, 3.8) is 0 Å². The molecule has 0 aromatic heterocycles. The summed E-state index contributed by atoms with van der Waals surface area (Å²) in [7, 11) is 0. The van der Waals surface area contributed by atoms with Gasteiger partial charge in [0.25, 0.3) is 5.91 Å². The fourth-order valence-corrected chi connectivity index (χ4v) is 3.02. The molecule has 2 aliphatic rings. The maximum absolute atomic E-state index is 12.3. The molecule has 5 heteroatoms. The summed E-state index contributed by atoms with van der Waals surface area (Å²) in [5.74, 6) is 0.199. The van der Waals surface area contributed by atoms with E-state index in [1.165, 1.54) is 0 Å². The molecule has 2 amide bonds. The van der Waals surface area contributed by atoms with Crippen LogP contribution < -0.4 is 10.6 Å². The van der Waals surface area contributed by atoms with E-state index in [2.05, 4.69) is 0 Å². The van der Waals surface area contributed by atoms with Crippen molar-refractivity contribution in [1.82, 2.24) is 4.90 Å². The zero-order valence-electron chi connectivity index (χ0n) is 12.1. The molecule has 2 fully saturated rings. The summed E-state index contributed by atoms with van der Waals surface area (Å²) in [5, 5.41) is 0. The lowest BCUT2D eigenvalue weighted by atomic mass is 10.1. The number of hydrogen-bond donors (Lipinski definition) is 1. The van der Waals surface area contributed by atoms with E-state index in [0.29, 0.717) is 18.5 Å². The highest BCUT2D eigenvalue weighted by Crippen LogP contribution is 2.22. The molecule has 0 bridgehead atoms. The van der Waals surface area contributed by atoms with Crippen LogP contribution >= 0.6 is 0 Å². The van der Waals surface area contributed by atoms with Crippen LogP contribution in [0.3, 0.4) is 0 Å². The van der Waals surface area contributed by atoms with Crippen LogP contribution in [-0.2, 0) is 4.79 Å². The second kappa shape index (κ2) is 5.85. The SMILES string of the molecule is NC1CCN(C(=O)c2ccc(N3CCCCC3=O)cc2)C1. The molecule has 2 aliphatic heterocycles. The van der Waals surface area contributed by atoms with Gasteiger partial charge in [0.2, 0.25) is 5.91 Å². The van der Waals surface area contributed by atoms with Gasteiger partial charge in [-0.2, -0.15) is 0 Å². The number of hydrogen-bond acceptors (Lipinski definition) is 3. The Balaban J connectivity index is 1.71. The number of nitrogens with two attached hydrogens (primary N) is 1. The maximum Gasteiger partial charge on any atom is 0.253 e. The number of carbonyl (C=O) groups excluding carboxylic acids is 2. The van der Waals surface area contributed by atoms with E-state index in [9.17, 15) is 9.59 Å². The lowest BCUT2D eigenvalue weighted by Crippen LogP contribution is -2.35. The molecular weight excluding hydrogens is 266 g/mol. The summed E-state index contributed by atoms with van der Waals surface area (Å²) in [5.41, 5.74) is 7.39. The van der Waals surface area contributed by atoms with Gasteiger partial charge in [0.05, 0.1) is 0 Å². The lowest BCUT2D eigenvalue weighted by Gasteiger charge is -2.27. The number of piperidine rings is 1. The number of nitrogens with zero attached hydrogens (tertiary/aromatic N) is 2. The van der Waals surface area contributed by atoms with E-state index >= 15 is 0 Å². The quantitative estimate of drug-likeness (QED) is 0.893. The minimum absolute atomic E-state index is 0.0273. The Bertz CT molecular complexity index is 541. The first-order valence-electron chi connectivity index (χ1n) is 7.60. The van der Waals surface area contributed by atoms with Crippen molar-refractivity contribution < 1.29 is 9.59 Å². The Kier molecular flexibility index (Phi) is 3.92. The van der Waals surface area contributed by atoms with Crippen molar-refractivity contribution in [2.75, 3.05) is 24.5 Å². The smallest absolute Gasteiger partial charge is 0.253 e. The molecule has 112 valence electrons. The Morgan fingerprint density at radius 2 is 1.90 bits per heavy atom. The third-order valence-electron chi connectivity index (χ3n) is 4.26. The number of rotatable bonds is 2. The molecule has 2 saturated heterocycles. The van der Waals surface area contributed by atoms with Crippen LogP contribution in [0.4, 0.5) is 5.69 Å². The Morgan fingerprint density at radius 3 is 2.52 bits per heavy atom. The molecule has 2 N–H and O–H groups in total. The molecule has 0 radical (unpaired) electrons. The largest absolute Gasteiger partial charge is 0.337 e. The molecule has 1 unspecified atom stereocenters. The van der Waals surface area contributed by atoms with Gasteiger partial charge in [-0.1, -0.05) is 0 Å². The molecule has 5 nitrogen and oxygen atoms in total. The van der Waals surface area contributed by atoms with Crippen molar-refractivity contribution in [3.05, 3.63) is 29.8 Å². The summed E-state index contributed by atoms with van der Waals surface area (Å²) in [4.78, 5) is 27.8. The van der Waals surface area contributed by atoms with Gasteiger partial charge in [-0.3, -0.25) is 9.59 Å². The van der Waals surface area contributed by atoms with Crippen molar-refractivity contribution in [2.24, 2.45) is 5.73 Å². The van der Waals surface area contributed by atoms with Crippen molar-refractivity contribution in [1.29, 1.82) is 0 Å². The third-order valence-corrected chi connectivity index (χ3v) is 4.26. The fourth-order valence-electron chi connectivity index (χ4n) is 3.02. The van der Waals surface area contributed by atoms with Gasteiger partial charge >= 0.3 is 0 Å². The van der Waals surface area contributed by atoms with E-state index in [1.807, 2.05) is 29.2 Å². The van der Waals surface area contributed by atoms with Crippen LogP contribution in [0.2, 0.25) is 0 Å². The van der Waals surface area contributed by atoms with Crippen molar-refractivity contribution in [3.8, 4) is 0 Å². The summed E-state index contributed by atoms with van der Waals surface area (Å²) in [6.45, 7) is 2.13. The first-order chi connectivity index (χ1) is 10.1. The predicted octanol–water partition coefficient (Wildman–Crippen LogP) is 1.38. The minimum atomic E-state index is 0.0273. The van der Waals surface area contributed by atoms with E-state index in [0.717, 1.165) is 38.0 Å². The van der Waals surface area contributed by atoms with Gasteiger partial charge in [0.15, 0.2) is 0 Å². The Labute approximate surface area is 124 Å². The summed E-state index contributed by atoms with van der Waals surface area (Å²) >= 11 is 0. The van der Waals surface area contributed by atoms with Gasteiger partial charge in [0.1, 0.15) is 0 Å². The Hall–Kier alpha value is -1.88. The van der Waals surface area contributed by atoms with Crippen LogP contribution in [0.1, 0.15) is 36.0 Å². The highest BCUT2D eigenvalue weighted by Gasteiger charge is 2.25. The normalized spacial score (nSPS) is 22.7.